The van der Waals surface area contributed by atoms with Crippen molar-refractivity contribution < 1.29 is 36.8 Å². The summed E-state index contributed by atoms with van der Waals surface area (Å²) < 4.78 is 44.4. The molecule has 0 spiro atoms. The van der Waals surface area contributed by atoms with Crippen LogP contribution in [0.1, 0.15) is 30.6 Å². The molecule has 0 radical (unpaired) electrons. The third-order valence-corrected chi connectivity index (χ3v) is 5.20. The molecule has 1 aromatic carbocycles. The van der Waals surface area contributed by atoms with Gasteiger partial charge in [-0.1, -0.05) is 11.6 Å². The molecule has 12 heteroatoms. The molecule has 3 rings (SSSR count). The topological polar surface area (TPSA) is 99.9 Å². The molecule has 2 heterocycles. The van der Waals surface area contributed by atoms with E-state index < -0.39 is 35.1 Å². The van der Waals surface area contributed by atoms with Gasteiger partial charge in [0.2, 0.25) is 23.6 Å². The molecule has 176 valence electrons. The molecule has 0 bridgehead atoms. The van der Waals surface area contributed by atoms with E-state index >= 15 is 0 Å². The Morgan fingerprint density at radius 2 is 1.85 bits per heavy atom. The first-order valence-electron chi connectivity index (χ1n) is 9.84. The summed E-state index contributed by atoms with van der Waals surface area (Å²) in [4.78, 5) is 50.8. The molecule has 0 atom stereocenters. The number of nitrogens with one attached hydrogen (secondary N) is 1. The van der Waals surface area contributed by atoms with Crippen LogP contribution >= 0.6 is 11.6 Å². The van der Waals surface area contributed by atoms with E-state index in [1.807, 2.05) is 0 Å². The Morgan fingerprint density at radius 3 is 2.45 bits per heavy atom. The minimum atomic E-state index is -4.70. The number of anilines is 1. The Kier molecular flexibility index (Phi) is 7.42. The van der Waals surface area contributed by atoms with Gasteiger partial charge in [0.1, 0.15) is 12.3 Å². The van der Waals surface area contributed by atoms with Crippen LogP contribution in [-0.4, -0.2) is 46.5 Å². The van der Waals surface area contributed by atoms with E-state index in [9.17, 15) is 32.3 Å². The zero-order valence-electron chi connectivity index (χ0n) is 17.2. The van der Waals surface area contributed by atoms with E-state index in [-0.39, 0.29) is 49.9 Å². The lowest BCUT2D eigenvalue weighted by molar-refractivity contribution is -0.141. The van der Waals surface area contributed by atoms with Gasteiger partial charge in [0.25, 0.3) is 0 Å². The van der Waals surface area contributed by atoms with Crippen molar-refractivity contribution in [3.63, 3.8) is 0 Å². The Morgan fingerprint density at radius 1 is 1.15 bits per heavy atom. The van der Waals surface area contributed by atoms with Crippen molar-refractivity contribution in [1.82, 2.24) is 9.80 Å². The van der Waals surface area contributed by atoms with Crippen LogP contribution in [0.3, 0.4) is 0 Å². The van der Waals surface area contributed by atoms with Gasteiger partial charge in [-0.3, -0.25) is 24.1 Å². The van der Waals surface area contributed by atoms with Crippen molar-refractivity contribution in [1.29, 1.82) is 0 Å². The molecule has 1 aliphatic heterocycles. The smallest absolute Gasteiger partial charge is 0.417 e. The second-order valence-electron chi connectivity index (χ2n) is 7.26. The fraction of sp³-hybridized carbons (Fsp3) is 0.333. The average Bonchev–Trinajstić information content (AvgIpc) is 3.36. The molecule has 0 saturated carbocycles. The maximum atomic E-state index is 13.0. The highest BCUT2D eigenvalue weighted by atomic mass is 35.5. The number of likely N-dealkylation sites (tertiary alicyclic amines) is 1. The van der Waals surface area contributed by atoms with E-state index in [4.69, 9.17) is 16.0 Å². The highest BCUT2D eigenvalue weighted by Gasteiger charge is 2.34. The minimum absolute atomic E-state index is 0.0877. The van der Waals surface area contributed by atoms with Crippen LogP contribution < -0.4 is 5.32 Å². The Hall–Kier alpha value is -3.34. The number of carbonyl (C=O) groups excluding carboxylic acids is 4. The van der Waals surface area contributed by atoms with Crippen molar-refractivity contribution in [3.05, 3.63) is 52.9 Å². The van der Waals surface area contributed by atoms with Crippen molar-refractivity contribution in [2.75, 3.05) is 18.4 Å². The molecule has 33 heavy (non-hydrogen) atoms. The molecule has 2 aromatic rings. The first-order chi connectivity index (χ1) is 15.5. The van der Waals surface area contributed by atoms with Crippen molar-refractivity contribution >= 4 is 40.9 Å². The lowest BCUT2D eigenvalue weighted by Crippen LogP contribution is -2.40. The Bertz CT molecular complexity index is 1040. The molecule has 1 saturated heterocycles. The molecular formula is C21H19ClF3N3O5. The fourth-order valence-corrected chi connectivity index (χ4v) is 3.48. The number of carbonyl (C=O) groups is 4. The van der Waals surface area contributed by atoms with Gasteiger partial charge in [-0.05, 0) is 30.3 Å². The van der Waals surface area contributed by atoms with E-state index in [2.05, 4.69) is 5.32 Å². The standard InChI is InChI=1S/C21H19ClF3N3O5/c22-16-4-3-13(10-15(16)21(23,24)25)26-17(29)12-27(11-14-2-1-9-33-14)18(30)7-8-28-19(31)5-6-20(28)32/h1-4,9-10H,5-8,11-12H2,(H,26,29). The molecule has 1 aromatic heterocycles. The van der Waals surface area contributed by atoms with Crippen molar-refractivity contribution in [3.8, 4) is 0 Å². The van der Waals surface area contributed by atoms with Crippen LogP contribution in [-0.2, 0) is 31.9 Å². The maximum absolute atomic E-state index is 13.0. The molecule has 8 nitrogen and oxygen atoms in total. The number of hydrogen-bond donors (Lipinski definition) is 1. The lowest BCUT2D eigenvalue weighted by atomic mass is 10.2. The third kappa shape index (κ3) is 6.35. The summed E-state index contributed by atoms with van der Waals surface area (Å²) in [6.45, 7) is -0.708. The number of halogens is 4. The molecule has 4 amide bonds. The van der Waals surface area contributed by atoms with Crippen LogP contribution in [0.5, 0.6) is 0 Å². The van der Waals surface area contributed by atoms with E-state index in [0.717, 1.165) is 15.9 Å². The highest BCUT2D eigenvalue weighted by molar-refractivity contribution is 6.31. The summed E-state index contributed by atoms with van der Waals surface area (Å²) in [6.07, 6.45) is -3.36. The predicted molar refractivity (Wildman–Crippen MR) is 110 cm³/mol. The second-order valence-corrected chi connectivity index (χ2v) is 7.67. The summed E-state index contributed by atoms with van der Waals surface area (Å²) in [5.74, 6) is -1.66. The van der Waals surface area contributed by atoms with Gasteiger partial charge >= 0.3 is 6.18 Å². The fourth-order valence-electron chi connectivity index (χ4n) is 3.25. The van der Waals surface area contributed by atoms with Gasteiger partial charge in [-0.15, -0.1) is 0 Å². The summed E-state index contributed by atoms with van der Waals surface area (Å²) in [5, 5.41) is 1.80. The number of imide groups is 1. The zero-order chi connectivity index (χ0) is 24.2. The SMILES string of the molecule is O=C(CN(Cc1ccco1)C(=O)CCN1C(=O)CCC1=O)Nc1ccc(Cl)c(C(F)(F)F)c1. The van der Waals surface area contributed by atoms with E-state index in [1.165, 1.54) is 12.3 Å². The average molecular weight is 486 g/mol. The number of benzene rings is 1. The number of amides is 4. The number of rotatable bonds is 8. The third-order valence-electron chi connectivity index (χ3n) is 4.87. The summed E-state index contributed by atoms with van der Waals surface area (Å²) in [7, 11) is 0. The van der Waals surface area contributed by atoms with E-state index in [0.29, 0.717) is 11.8 Å². The first kappa shape index (κ1) is 24.3. The van der Waals surface area contributed by atoms with Gasteiger partial charge in [-0.2, -0.15) is 13.2 Å². The van der Waals surface area contributed by atoms with Crippen molar-refractivity contribution in [2.45, 2.75) is 32.0 Å². The summed E-state index contributed by atoms with van der Waals surface area (Å²) >= 11 is 5.58. The van der Waals surface area contributed by atoms with Crippen molar-refractivity contribution in [2.24, 2.45) is 0 Å². The predicted octanol–water partition coefficient (Wildman–Crippen LogP) is 3.46. The maximum Gasteiger partial charge on any atom is 0.417 e. The molecule has 0 aliphatic carbocycles. The van der Waals surface area contributed by atoms with Gasteiger partial charge in [0.15, 0.2) is 0 Å². The number of furan rings is 1. The molecule has 1 N–H and O–H groups in total. The van der Waals surface area contributed by atoms with Gasteiger partial charge in [0, 0.05) is 31.5 Å². The van der Waals surface area contributed by atoms with Gasteiger partial charge in [0.05, 0.1) is 23.4 Å². The summed E-state index contributed by atoms with van der Waals surface area (Å²) in [6, 6.07) is 6.09. The normalized spacial score (nSPS) is 14.0. The molecule has 1 fully saturated rings. The largest absolute Gasteiger partial charge is 0.467 e. The number of alkyl halides is 3. The van der Waals surface area contributed by atoms with Crippen LogP contribution in [0.4, 0.5) is 18.9 Å². The quantitative estimate of drug-likeness (QED) is 0.577. The lowest BCUT2D eigenvalue weighted by Gasteiger charge is -2.23. The number of nitrogens with zero attached hydrogens (tertiary/aromatic N) is 2. The van der Waals surface area contributed by atoms with Crippen LogP contribution in [0.25, 0.3) is 0 Å². The Balaban J connectivity index is 1.68. The van der Waals surface area contributed by atoms with Crippen LogP contribution in [0.2, 0.25) is 5.02 Å². The molecule has 0 unspecified atom stereocenters. The summed E-state index contributed by atoms with van der Waals surface area (Å²) in [5.41, 5.74) is -1.25. The Labute approximate surface area is 191 Å². The van der Waals surface area contributed by atoms with Crippen LogP contribution in [0, 0.1) is 0 Å². The number of hydrogen-bond acceptors (Lipinski definition) is 5. The molecular weight excluding hydrogens is 467 g/mol. The monoisotopic (exact) mass is 485 g/mol. The zero-order valence-corrected chi connectivity index (χ0v) is 17.9. The van der Waals surface area contributed by atoms with Crippen LogP contribution in [0.15, 0.2) is 41.0 Å². The molecule has 1 aliphatic rings. The van der Waals surface area contributed by atoms with Gasteiger partial charge in [-0.25, -0.2) is 0 Å². The highest BCUT2D eigenvalue weighted by Crippen LogP contribution is 2.36. The van der Waals surface area contributed by atoms with E-state index in [1.54, 1.807) is 12.1 Å². The first-order valence-corrected chi connectivity index (χ1v) is 10.2. The second kappa shape index (κ2) is 10.1. The van der Waals surface area contributed by atoms with Gasteiger partial charge < -0.3 is 14.6 Å². The minimum Gasteiger partial charge on any atom is -0.467 e.